The zero-order chi connectivity index (χ0) is 23.6. The number of amides is 2. The highest BCUT2D eigenvalue weighted by Crippen LogP contribution is 2.17. The smallest absolute Gasteiger partial charge is 0.251 e. The fourth-order valence-electron chi connectivity index (χ4n) is 4.08. The number of nitrogens with one attached hydrogen (secondary N) is 2. The minimum Gasteiger partial charge on any atom is -0.349 e. The van der Waals surface area contributed by atoms with Gasteiger partial charge in [0, 0.05) is 42.7 Å². The first-order valence-corrected chi connectivity index (χ1v) is 12.9. The van der Waals surface area contributed by atoms with E-state index in [1.165, 1.54) is 5.56 Å². The van der Waals surface area contributed by atoms with Crippen LogP contribution < -0.4 is 10.6 Å². The highest BCUT2D eigenvalue weighted by molar-refractivity contribution is 7.99. The van der Waals surface area contributed by atoms with Crippen LogP contribution in [-0.4, -0.2) is 41.6 Å². The summed E-state index contributed by atoms with van der Waals surface area (Å²) in [6, 6.07) is 27.9. The Balaban J connectivity index is 1.16. The molecule has 1 fully saturated rings. The van der Waals surface area contributed by atoms with Gasteiger partial charge in [0.2, 0.25) is 5.91 Å². The van der Waals surface area contributed by atoms with Crippen molar-refractivity contribution in [3.05, 3.63) is 102 Å². The second-order valence-corrected chi connectivity index (χ2v) is 9.60. The Labute approximate surface area is 205 Å². The van der Waals surface area contributed by atoms with Crippen LogP contribution in [0.5, 0.6) is 0 Å². The molecule has 0 aliphatic carbocycles. The number of piperidine rings is 1. The van der Waals surface area contributed by atoms with Crippen molar-refractivity contribution in [3.8, 4) is 0 Å². The molecule has 1 aliphatic heterocycles. The number of para-hydroxylation sites is 1. The molecule has 0 unspecified atom stereocenters. The van der Waals surface area contributed by atoms with Crippen LogP contribution >= 0.6 is 11.8 Å². The number of anilines is 1. The van der Waals surface area contributed by atoms with E-state index in [1.54, 1.807) is 11.8 Å². The van der Waals surface area contributed by atoms with Crippen molar-refractivity contribution >= 4 is 29.3 Å². The van der Waals surface area contributed by atoms with Crippen molar-refractivity contribution in [2.45, 2.75) is 31.2 Å². The van der Waals surface area contributed by atoms with Crippen molar-refractivity contribution in [1.29, 1.82) is 0 Å². The molecule has 176 valence electrons. The number of hydrogen-bond donors (Lipinski definition) is 2. The van der Waals surface area contributed by atoms with Gasteiger partial charge in [-0.3, -0.25) is 14.5 Å². The summed E-state index contributed by atoms with van der Waals surface area (Å²) in [5, 5.41) is 6.09. The summed E-state index contributed by atoms with van der Waals surface area (Å²) < 4.78 is 0. The topological polar surface area (TPSA) is 61.4 Å². The molecule has 0 bridgehead atoms. The van der Waals surface area contributed by atoms with Gasteiger partial charge in [0.15, 0.2) is 0 Å². The van der Waals surface area contributed by atoms with Gasteiger partial charge in [0.25, 0.3) is 5.91 Å². The molecular weight excluding hydrogens is 442 g/mol. The van der Waals surface area contributed by atoms with Crippen molar-refractivity contribution in [2.75, 3.05) is 24.2 Å². The van der Waals surface area contributed by atoms with E-state index in [-0.39, 0.29) is 17.9 Å². The monoisotopic (exact) mass is 473 g/mol. The number of benzene rings is 3. The Kier molecular flexibility index (Phi) is 8.77. The summed E-state index contributed by atoms with van der Waals surface area (Å²) in [5.41, 5.74) is 3.93. The molecule has 1 aliphatic rings. The van der Waals surface area contributed by atoms with Gasteiger partial charge in [-0.1, -0.05) is 60.7 Å². The van der Waals surface area contributed by atoms with Gasteiger partial charge in [-0.05, 0) is 48.2 Å². The first-order valence-electron chi connectivity index (χ1n) is 11.7. The Hall–Kier alpha value is -3.09. The third kappa shape index (κ3) is 7.47. The van der Waals surface area contributed by atoms with Gasteiger partial charge in [0.05, 0.1) is 5.75 Å². The summed E-state index contributed by atoms with van der Waals surface area (Å²) in [4.78, 5) is 27.2. The van der Waals surface area contributed by atoms with Crippen molar-refractivity contribution in [2.24, 2.45) is 0 Å². The highest BCUT2D eigenvalue weighted by atomic mass is 32.2. The second kappa shape index (κ2) is 12.4. The van der Waals surface area contributed by atoms with E-state index >= 15 is 0 Å². The molecule has 0 radical (unpaired) electrons. The van der Waals surface area contributed by atoms with Crippen LogP contribution in [0.4, 0.5) is 5.69 Å². The lowest BCUT2D eigenvalue weighted by Gasteiger charge is -2.32. The van der Waals surface area contributed by atoms with E-state index in [9.17, 15) is 9.59 Å². The molecule has 2 amide bonds. The van der Waals surface area contributed by atoms with E-state index in [0.29, 0.717) is 11.3 Å². The molecule has 0 spiro atoms. The lowest BCUT2D eigenvalue weighted by molar-refractivity contribution is -0.113. The molecule has 1 saturated heterocycles. The molecule has 0 aromatic heterocycles. The number of hydrogen-bond acceptors (Lipinski definition) is 4. The SMILES string of the molecule is O=C(CSCc1ccc(C(=O)NC2CCN(Cc3ccccc3)CC2)cc1)Nc1ccccc1. The molecule has 6 heteroatoms. The largest absolute Gasteiger partial charge is 0.349 e. The maximum absolute atomic E-state index is 12.7. The van der Waals surface area contributed by atoms with Crippen molar-refractivity contribution in [1.82, 2.24) is 10.2 Å². The normalized spacial score (nSPS) is 14.5. The van der Waals surface area contributed by atoms with Gasteiger partial charge < -0.3 is 10.6 Å². The Morgan fingerprint density at radius 1 is 0.824 bits per heavy atom. The first kappa shape index (κ1) is 24.0. The highest BCUT2D eigenvalue weighted by Gasteiger charge is 2.21. The Bertz CT molecular complexity index is 1050. The third-order valence-electron chi connectivity index (χ3n) is 5.95. The molecule has 2 N–H and O–H groups in total. The maximum atomic E-state index is 12.7. The molecule has 0 saturated carbocycles. The number of carbonyl (C=O) groups is 2. The summed E-state index contributed by atoms with van der Waals surface area (Å²) in [7, 11) is 0. The van der Waals surface area contributed by atoms with Crippen LogP contribution in [0, 0.1) is 0 Å². The van der Waals surface area contributed by atoms with Gasteiger partial charge >= 0.3 is 0 Å². The second-order valence-electron chi connectivity index (χ2n) is 8.61. The number of carbonyl (C=O) groups excluding carboxylic acids is 2. The fourth-order valence-corrected chi connectivity index (χ4v) is 4.87. The summed E-state index contributed by atoms with van der Waals surface area (Å²) in [6.07, 6.45) is 1.94. The number of nitrogens with zero attached hydrogens (tertiary/aromatic N) is 1. The van der Waals surface area contributed by atoms with Crippen LogP contribution in [0.15, 0.2) is 84.9 Å². The maximum Gasteiger partial charge on any atom is 0.251 e. The molecule has 1 heterocycles. The zero-order valence-electron chi connectivity index (χ0n) is 19.3. The molecule has 3 aromatic rings. The van der Waals surface area contributed by atoms with Gasteiger partial charge in [-0.25, -0.2) is 0 Å². The first-order chi connectivity index (χ1) is 16.7. The fraction of sp³-hybridized carbons (Fsp3) is 0.286. The van der Waals surface area contributed by atoms with Gasteiger partial charge in [0.1, 0.15) is 0 Å². The lowest BCUT2D eigenvalue weighted by atomic mass is 10.0. The average Bonchev–Trinajstić information content (AvgIpc) is 2.87. The summed E-state index contributed by atoms with van der Waals surface area (Å²) >= 11 is 1.56. The van der Waals surface area contributed by atoms with Crippen LogP contribution in [0.25, 0.3) is 0 Å². The molecule has 4 rings (SSSR count). The zero-order valence-corrected chi connectivity index (χ0v) is 20.1. The van der Waals surface area contributed by atoms with E-state index in [4.69, 9.17) is 0 Å². The molecular formula is C28H31N3O2S. The van der Waals surface area contributed by atoms with Crippen molar-refractivity contribution < 1.29 is 9.59 Å². The van der Waals surface area contributed by atoms with Gasteiger partial charge in [-0.2, -0.15) is 0 Å². The van der Waals surface area contributed by atoms with Gasteiger partial charge in [-0.15, -0.1) is 11.8 Å². The molecule has 0 atom stereocenters. The summed E-state index contributed by atoms with van der Waals surface area (Å²) in [6.45, 7) is 2.95. The Morgan fingerprint density at radius 2 is 1.47 bits per heavy atom. The quantitative estimate of drug-likeness (QED) is 0.462. The van der Waals surface area contributed by atoms with Crippen molar-refractivity contribution in [3.63, 3.8) is 0 Å². The average molecular weight is 474 g/mol. The Morgan fingerprint density at radius 3 is 2.15 bits per heavy atom. The molecule has 34 heavy (non-hydrogen) atoms. The standard InChI is InChI=1S/C28H31N3O2S/c32-27(29-25-9-5-2-6-10-25)21-34-20-23-11-13-24(14-12-23)28(33)30-26-15-17-31(18-16-26)19-22-7-3-1-4-8-22/h1-14,26H,15-21H2,(H,29,32)(H,30,33). The molecule has 5 nitrogen and oxygen atoms in total. The number of thioether (sulfide) groups is 1. The summed E-state index contributed by atoms with van der Waals surface area (Å²) in [5.74, 6) is 1.09. The van der Waals surface area contributed by atoms with Crippen LogP contribution in [0.1, 0.15) is 34.3 Å². The van der Waals surface area contributed by atoms with E-state index < -0.39 is 0 Å². The predicted octanol–water partition coefficient (Wildman–Crippen LogP) is 4.95. The predicted molar refractivity (Wildman–Crippen MR) is 140 cm³/mol. The van der Waals surface area contributed by atoms with Crippen LogP contribution in [0.2, 0.25) is 0 Å². The van der Waals surface area contributed by atoms with E-state index in [0.717, 1.165) is 49.5 Å². The lowest BCUT2D eigenvalue weighted by Crippen LogP contribution is -2.44. The van der Waals surface area contributed by atoms with Crippen LogP contribution in [0.3, 0.4) is 0 Å². The van der Waals surface area contributed by atoms with E-state index in [1.807, 2.05) is 60.7 Å². The minimum atomic E-state index is -0.0120. The minimum absolute atomic E-state index is 0.0112. The van der Waals surface area contributed by atoms with E-state index in [2.05, 4.69) is 39.8 Å². The third-order valence-corrected chi connectivity index (χ3v) is 6.95. The van der Waals surface area contributed by atoms with Crippen LogP contribution in [-0.2, 0) is 17.1 Å². The number of rotatable bonds is 9. The molecule has 3 aromatic carbocycles. The number of likely N-dealkylation sites (tertiary alicyclic amines) is 1.